The molecule has 1 N–H and O–H groups in total. The molecule has 1 aromatic carbocycles. The molecule has 4 heteroatoms. The van der Waals surface area contributed by atoms with Crippen molar-refractivity contribution in [3.63, 3.8) is 0 Å². The third-order valence-corrected chi connectivity index (χ3v) is 4.30. The molecule has 18 heavy (non-hydrogen) atoms. The van der Waals surface area contributed by atoms with Crippen molar-refractivity contribution in [1.29, 1.82) is 0 Å². The number of nitrogens with one attached hydrogen (secondary N) is 1. The number of ether oxygens (including phenoxy) is 1. The molecule has 0 fully saturated rings. The van der Waals surface area contributed by atoms with Crippen LogP contribution in [0.3, 0.4) is 0 Å². The van der Waals surface area contributed by atoms with Crippen LogP contribution in [0.15, 0.2) is 40.2 Å². The number of halogens is 1. The molecule has 2 nitrogen and oxygen atoms in total. The third-order valence-electron chi connectivity index (χ3n) is 2.68. The lowest BCUT2D eigenvalue weighted by molar-refractivity contribution is 0.414. The van der Waals surface area contributed by atoms with Gasteiger partial charge in [-0.3, -0.25) is 0 Å². The van der Waals surface area contributed by atoms with Crippen LogP contribution in [0, 0.1) is 0 Å². The second-order valence-electron chi connectivity index (χ2n) is 3.98. The van der Waals surface area contributed by atoms with Crippen LogP contribution in [0.1, 0.15) is 10.4 Å². The molecule has 2 aromatic rings. The first kappa shape index (κ1) is 13.6. The van der Waals surface area contributed by atoms with Gasteiger partial charge in [0.15, 0.2) is 0 Å². The van der Waals surface area contributed by atoms with Crippen LogP contribution in [0.25, 0.3) is 0 Å². The van der Waals surface area contributed by atoms with E-state index in [0.29, 0.717) is 0 Å². The second-order valence-corrected chi connectivity index (χ2v) is 6.53. The van der Waals surface area contributed by atoms with E-state index in [4.69, 9.17) is 4.74 Å². The van der Waals surface area contributed by atoms with Crippen molar-refractivity contribution >= 4 is 27.3 Å². The van der Waals surface area contributed by atoms with E-state index in [1.165, 1.54) is 14.2 Å². The molecule has 2 rings (SSSR count). The molecule has 0 saturated heterocycles. The van der Waals surface area contributed by atoms with Gasteiger partial charge in [0.25, 0.3) is 0 Å². The van der Waals surface area contributed by atoms with Gasteiger partial charge in [-0.05, 0) is 58.7 Å². The maximum absolute atomic E-state index is 5.14. The minimum Gasteiger partial charge on any atom is -0.497 e. The molecule has 0 unspecified atom stereocenters. The molecule has 1 aromatic heterocycles. The predicted octanol–water partition coefficient (Wildman–Crippen LogP) is 3.85. The Balaban J connectivity index is 1.71. The predicted molar refractivity (Wildman–Crippen MR) is 80.4 cm³/mol. The van der Waals surface area contributed by atoms with E-state index in [2.05, 4.69) is 45.5 Å². The molecule has 0 saturated carbocycles. The second kappa shape index (κ2) is 6.92. The first-order chi connectivity index (χ1) is 8.78. The van der Waals surface area contributed by atoms with Crippen molar-refractivity contribution < 1.29 is 4.74 Å². The summed E-state index contributed by atoms with van der Waals surface area (Å²) in [5, 5.41) is 3.45. The molecule has 0 aliphatic heterocycles. The van der Waals surface area contributed by atoms with Gasteiger partial charge in [0.1, 0.15) is 5.75 Å². The van der Waals surface area contributed by atoms with Gasteiger partial charge in [-0.15, -0.1) is 11.3 Å². The Kier molecular flexibility index (Phi) is 5.23. The number of benzene rings is 1. The Bertz CT molecular complexity index is 481. The minimum atomic E-state index is 0.912. The average Bonchev–Trinajstić information content (AvgIpc) is 2.81. The maximum Gasteiger partial charge on any atom is 0.118 e. The molecule has 0 atom stereocenters. The van der Waals surface area contributed by atoms with E-state index >= 15 is 0 Å². The van der Waals surface area contributed by atoms with Crippen LogP contribution in [0.2, 0.25) is 0 Å². The van der Waals surface area contributed by atoms with Crippen molar-refractivity contribution in [1.82, 2.24) is 5.32 Å². The zero-order chi connectivity index (χ0) is 12.8. The highest BCUT2D eigenvalue weighted by molar-refractivity contribution is 9.11. The number of methoxy groups -OCH3 is 1. The van der Waals surface area contributed by atoms with Gasteiger partial charge in [0, 0.05) is 11.4 Å². The fourth-order valence-electron chi connectivity index (χ4n) is 1.68. The number of hydrogen-bond acceptors (Lipinski definition) is 3. The zero-order valence-corrected chi connectivity index (χ0v) is 12.7. The minimum absolute atomic E-state index is 0.912. The van der Waals surface area contributed by atoms with Gasteiger partial charge in [0.05, 0.1) is 10.9 Å². The molecule has 1 heterocycles. The van der Waals surface area contributed by atoms with Crippen LogP contribution in [0.5, 0.6) is 5.75 Å². The summed E-state index contributed by atoms with van der Waals surface area (Å²) in [6, 6.07) is 12.5. The molecule has 0 aliphatic carbocycles. The summed E-state index contributed by atoms with van der Waals surface area (Å²) in [5.74, 6) is 0.912. The van der Waals surface area contributed by atoms with E-state index in [9.17, 15) is 0 Å². The quantitative estimate of drug-likeness (QED) is 0.814. The zero-order valence-electron chi connectivity index (χ0n) is 10.3. The number of hydrogen-bond donors (Lipinski definition) is 1. The highest BCUT2D eigenvalue weighted by atomic mass is 79.9. The van der Waals surface area contributed by atoms with Crippen LogP contribution >= 0.6 is 27.3 Å². The summed E-state index contributed by atoms with van der Waals surface area (Å²) >= 11 is 5.25. The van der Waals surface area contributed by atoms with Gasteiger partial charge in [-0.2, -0.15) is 0 Å². The highest BCUT2D eigenvalue weighted by Gasteiger charge is 1.98. The lowest BCUT2D eigenvalue weighted by Gasteiger charge is -2.05. The van der Waals surface area contributed by atoms with Crippen molar-refractivity contribution in [2.45, 2.75) is 13.0 Å². The number of rotatable bonds is 6. The van der Waals surface area contributed by atoms with E-state index < -0.39 is 0 Å². The monoisotopic (exact) mass is 325 g/mol. The summed E-state index contributed by atoms with van der Waals surface area (Å²) < 4.78 is 6.33. The lowest BCUT2D eigenvalue weighted by atomic mass is 10.1. The maximum atomic E-state index is 5.14. The Labute approximate surface area is 120 Å². The first-order valence-corrected chi connectivity index (χ1v) is 7.47. The topological polar surface area (TPSA) is 21.3 Å². The Morgan fingerprint density at radius 3 is 2.56 bits per heavy atom. The standard InChI is InChI=1S/C14H16BrNOS/c1-17-12-4-2-11(3-5-12)8-9-16-10-13-6-7-14(15)18-13/h2-7,16H,8-10H2,1H3. The van der Waals surface area contributed by atoms with E-state index in [-0.39, 0.29) is 0 Å². The van der Waals surface area contributed by atoms with Crippen LogP contribution in [-0.2, 0) is 13.0 Å². The molecular weight excluding hydrogens is 310 g/mol. The molecule has 0 aliphatic rings. The van der Waals surface area contributed by atoms with Gasteiger partial charge in [0.2, 0.25) is 0 Å². The Morgan fingerprint density at radius 2 is 1.94 bits per heavy atom. The van der Waals surface area contributed by atoms with Gasteiger partial charge < -0.3 is 10.1 Å². The molecule has 96 valence electrons. The van der Waals surface area contributed by atoms with Gasteiger partial charge in [-0.25, -0.2) is 0 Å². The summed E-state index contributed by atoms with van der Waals surface area (Å²) in [6.07, 6.45) is 1.04. The largest absolute Gasteiger partial charge is 0.497 e. The van der Waals surface area contributed by atoms with Crippen molar-refractivity contribution in [2.75, 3.05) is 13.7 Å². The van der Waals surface area contributed by atoms with Crippen molar-refractivity contribution in [2.24, 2.45) is 0 Å². The van der Waals surface area contributed by atoms with E-state index in [0.717, 1.165) is 25.3 Å². The van der Waals surface area contributed by atoms with Crippen molar-refractivity contribution in [3.05, 3.63) is 50.6 Å². The van der Waals surface area contributed by atoms with Crippen LogP contribution < -0.4 is 10.1 Å². The molecule has 0 bridgehead atoms. The fraction of sp³-hybridized carbons (Fsp3) is 0.286. The third kappa shape index (κ3) is 4.12. The van der Waals surface area contributed by atoms with E-state index in [1.54, 1.807) is 18.4 Å². The summed E-state index contributed by atoms with van der Waals surface area (Å²) in [6.45, 7) is 1.92. The normalized spacial score (nSPS) is 10.6. The number of thiophene rings is 1. The average molecular weight is 326 g/mol. The summed E-state index contributed by atoms with van der Waals surface area (Å²) in [7, 11) is 1.69. The highest BCUT2D eigenvalue weighted by Crippen LogP contribution is 2.21. The SMILES string of the molecule is COc1ccc(CCNCc2ccc(Br)s2)cc1. The van der Waals surface area contributed by atoms with Crippen molar-refractivity contribution in [3.8, 4) is 5.75 Å². The summed E-state index contributed by atoms with van der Waals surface area (Å²) in [5.41, 5.74) is 1.33. The fourth-order valence-corrected chi connectivity index (χ4v) is 3.14. The van der Waals surface area contributed by atoms with Crippen LogP contribution in [0.4, 0.5) is 0 Å². The van der Waals surface area contributed by atoms with Crippen LogP contribution in [-0.4, -0.2) is 13.7 Å². The molecule has 0 amide bonds. The Morgan fingerprint density at radius 1 is 1.17 bits per heavy atom. The van der Waals surface area contributed by atoms with E-state index in [1.807, 2.05) is 12.1 Å². The molecule has 0 radical (unpaired) electrons. The van der Waals surface area contributed by atoms with Gasteiger partial charge >= 0.3 is 0 Å². The smallest absolute Gasteiger partial charge is 0.118 e. The lowest BCUT2D eigenvalue weighted by Crippen LogP contribution is -2.15. The summed E-state index contributed by atoms with van der Waals surface area (Å²) in [4.78, 5) is 1.36. The first-order valence-electron chi connectivity index (χ1n) is 5.86. The molecule has 0 spiro atoms. The molecular formula is C14H16BrNOS. The van der Waals surface area contributed by atoms with Gasteiger partial charge in [-0.1, -0.05) is 12.1 Å². The Hall–Kier alpha value is -0.840.